The van der Waals surface area contributed by atoms with Crippen molar-refractivity contribution in [2.45, 2.75) is 25.8 Å². The average molecular weight is 367 g/mol. The van der Waals surface area contributed by atoms with Crippen LogP contribution in [0.4, 0.5) is 10.1 Å². The third-order valence-corrected chi connectivity index (χ3v) is 5.50. The minimum absolute atomic E-state index is 0.0899. The van der Waals surface area contributed by atoms with Gasteiger partial charge in [-0.05, 0) is 42.7 Å². The standard InChI is InChI=1S/C21H22FN3O2/c1-13-5-4-6-17(14(13)2)21(7-8-27-11-21)24-15-9-16-19(18(22)10-15)23-12-25(3)20(16)26/h4-6,9-10,12,24H,7-8,11H2,1-3H3. The first-order valence-corrected chi connectivity index (χ1v) is 8.99. The van der Waals surface area contributed by atoms with E-state index in [1.54, 1.807) is 13.1 Å². The molecule has 1 aliphatic rings. The van der Waals surface area contributed by atoms with Crippen molar-refractivity contribution in [3.63, 3.8) is 0 Å². The quantitative estimate of drug-likeness (QED) is 0.771. The summed E-state index contributed by atoms with van der Waals surface area (Å²) in [7, 11) is 1.61. The van der Waals surface area contributed by atoms with Gasteiger partial charge in [0.2, 0.25) is 0 Å². The molecule has 5 nitrogen and oxygen atoms in total. The maximum Gasteiger partial charge on any atom is 0.261 e. The van der Waals surface area contributed by atoms with Gasteiger partial charge in [-0.25, -0.2) is 9.37 Å². The fourth-order valence-corrected chi connectivity index (χ4v) is 3.84. The summed E-state index contributed by atoms with van der Waals surface area (Å²) in [6.07, 6.45) is 2.10. The zero-order valence-corrected chi connectivity index (χ0v) is 15.7. The van der Waals surface area contributed by atoms with Crippen molar-refractivity contribution in [2.75, 3.05) is 18.5 Å². The maximum atomic E-state index is 14.6. The van der Waals surface area contributed by atoms with Gasteiger partial charge in [0.25, 0.3) is 5.56 Å². The molecule has 0 bridgehead atoms. The summed E-state index contributed by atoms with van der Waals surface area (Å²) in [6, 6.07) is 9.27. The van der Waals surface area contributed by atoms with Gasteiger partial charge in [-0.3, -0.25) is 4.79 Å². The van der Waals surface area contributed by atoms with E-state index in [-0.39, 0.29) is 16.5 Å². The first kappa shape index (κ1) is 17.7. The predicted octanol–water partition coefficient (Wildman–Crippen LogP) is 3.42. The minimum atomic E-state index is -0.511. The van der Waals surface area contributed by atoms with Crippen LogP contribution in [0.15, 0.2) is 41.5 Å². The molecule has 1 N–H and O–H groups in total. The number of benzene rings is 2. The van der Waals surface area contributed by atoms with Gasteiger partial charge in [-0.2, -0.15) is 0 Å². The molecule has 1 unspecified atom stereocenters. The second kappa shape index (κ2) is 6.46. The van der Waals surface area contributed by atoms with Gasteiger partial charge in [-0.1, -0.05) is 18.2 Å². The van der Waals surface area contributed by atoms with E-state index in [0.717, 1.165) is 12.0 Å². The molecular weight excluding hydrogens is 345 g/mol. The number of hydrogen-bond donors (Lipinski definition) is 1. The largest absolute Gasteiger partial charge is 0.379 e. The van der Waals surface area contributed by atoms with Crippen LogP contribution in [0.2, 0.25) is 0 Å². The van der Waals surface area contributed by atoms with Crippen molar-refractivity contribution in [1.29, 1.82) is 0 Å². The van der Waals surface area contributed by atoms with Crippen LogP contribution < -0.4 is 10.9 Å². The Morgan fingerprint density at radius 2 is 2.11 bits per heavy atom. The average Bonchev–Trinajstić information content (AvgIpc) is 3.10. The highest BCUT2D eigenvalue weighted by atomic mass is 19.1. The third kappa shape index (κ3) is 2.90. The number of halogens is 1. The summed E-state index contributed by atoms with van der Waals surface area (Å²) in [5, 5.41) is 3.74. The smallest absolute Gasteiger partial charge is 0.261 e. The van der Waals surface area contributed by atoms with E-state index in [2.05, 4.69) is 36.3 Å². The highest BCUT2D eigenvalue weighted by Crippen LogP contribution is 2.37. The number of ether oxygens (including phenoxy) is 1. The fourth-order valence-electron chi connectivity index (χ4n) is 3.84. The molecule has 4 rings (SSSR count). The van der Waals surface area contributed by atoms with Crippen LogP contribution in [0.25, 0.3) is 10.9 Å². The van der Waals surface area contributed by atoms with Crippen LogP contribution in [0.5, 0.6) is 0 Å². The lowest BCUT2D eigenvalue weighted by atomic mass is 9.84. The minimum Gasteiger partial charge on any atom is -0.379 e. The molecule has 1 aromatic heterocycles. The van der Waals surface area contributed by atoms with Gasteiger partial charge in [0, 0.05) is 25.8 Å². The predicted molar refractivity (Wildman–Crippen MR) is 104 cm³/mol. The van der Waals surface area contributed by atoms with Crippen LogP contribution in [0, 0.1) is 19.7 Å². The van der Waals surface area contributed by atoms with Crippen molar-refractivity contribution in [1.82, 2.24) is 9.55 Å². The number of hydrogen-bond acceptors (Lipinski definition) is 4. The molecule has 2 aromatic carbocycles. The van der Waals surface area contributed by atoms with Gasteiger partial charge in [0.15, 0.2) is 5.82 Å². The Labute approximate surface area is 156 Å². The number of aryl methyl sites for hydroxylation is 2. The zero-order valence-electron chi connectivity index (χ0n) is 15.7. The molecular formula is C21H22FN3O2. The van der Waals surface area contributed by atoms with Crippen LogP contribution in [-0.4, -0.2) is 22.8 Å². The van der Waals surface area contributed by atoms with Gasteiger partial charge < -0.3 is 14.6 Å². The molecule has 0 aliphatic carbocycles. The molecule has 1 fully saturated rings. The van der Waals surface area contributed by atoms with Gasteiger partial charge in [0.1, 0.15) is 5.52 Å². The van der Waals surface area contributed by atoms with E-state index in [0.29, 0.717) is 18.9 Å². The van der Waals surface area contributed by atoms with Crippen LogP contribution in [-0.2, 0) is 17.3 Å². The van der Waals surface area contributed by atoms with Crippen molar-refractivity contribution in [2.24, 2.45) is 7.05 Å². The summed E-state index contributed by atoms with van der Waals surface area (Å²) < 4.78 is 21.7. The van der Waals surface area contributed by atoms with Gasteiger partial charge >= 0.3 is 0 Å². The molecule has 27 heavy (non-hydrogen) atoms. The summed E-state index contributed by atoms with van der Waals surface area (Å²) in [5.74, 6) is -0.511. The van der Waals surface area contributed by atoms with E-state index in [1.165, 1.54) is 28.1 Å². The van der Waals surface area contributed by atoms with E-state index >= 15 is 0 Å². The highest BCUT2D eigenvalue weighted by molar-refractivity contribution is 5.82. The second-order valence-corrected chi connectivity index (χ2v) is 7.27. The highest BCUT2D eigenvalue weighted by Gasteiger charge is 2.38. The van der Waals surface area contributed by atoms with Crippen molar-refractivity contribution >= 4 is 16.6 Å². The number of fused-ring (bicyclic) bond motifs is 1. The summed E-state index contributed by atoms with van der Waals surface area (Å²) in [5.41, 5.74) is 3.44. The summed E-state index contributed by atoms with van der Waals surface area (Å²) in [6.45, 7) is 5.28. The fraction of sp³-hybridized carbons (Fsp3) is 0.333. The van der Waals surface area contributed by atoms with Crippen LogP contribution >= 0.6 is 0 Å². The molecule has 1 atom stereocenters. The van der Waals surface area contributed by atoms with Gasteiger partial charge in [0.05, 0.1) is 23.9 Å². The third-order valence-electron chi connectivity index (χ3n) is 5.50. The lowest BCUT2D eigenvalue weighted by Crippen LogP contribution is -2.37. The Hall–Kier alpha value is -2.73. The summed E-state index contributed by atoms with van der Waals surface area (Å²) >= 11 is 0. The monoisotopic (exact) mass is 367 g/mol. The Kier molecular flexibility index (Phi) is 4.23. The Bertz CT molecular complexity index is 1080. The van der Waals surface area contributed by atoms with Gasteiger partial charge in [-0.15, -0.1) is 0 Å². The Balaban J connectivity index is 1.85. The van der Waals surface area contributed by atoms with Crippen LogP contribution in [0.3, 0.4) is 0 Å². The number of rotatable bonds is 3. The van der Waals surface area contributed by atoms with E-state index in [4.69, 9.17) is 4.74 Å². The zero-order chi connectivity index (χ0) is 19.2. The lowest BCUT2D eigenvalue weighted by molar-refractivity contribution is 0.182. The number of aromatic nitrogens is 2. The van der Waals surface area contributed by atoms with Crippen molar-refractivity contribution < 1.29 is 9.13 Å². The summed E-state index contributed by atoms with van der Waals surface area (Å²) in [4.78, 5) is 16.5. The molecule has 3 aromatic rings. The molecule has 2 heterocycles. The Morgan fingerprint density at radius 3 is 2.85 bits per heavy atom. The van der Waals surface area contributed by atoms with Crippen LogP contribution in [0.1, 0.15) is 23.1 Å². The SMILES string of the molecule is Cc1cccc(C2(Nc3cc(F)c4ncn(C)c(=O)c4c3)CCOC2)c1C. The number of anilines is 1. The van der Waals surface area contributed by atoms with E-state index in [9.17, 15) is 9.18 Å². The normalized spacial score (nSPS) is 19.6. The van der Waals surface area contributed by atoms with Crippen molar-refractivity contribution in [3.05, 3.63) is 69.5 Å². The molecule has 1 aliphatic heterocycles. The molecule has 6 heteroatoms. The Morgan fingerprint density at radius 1 is 1.30 bits per heavy atom. The number of nitrogens with zero attached hydrogens (tertiary/aromatic N) is 2. The first-order valence-electron chi connectivity index (χ1n) is 8.99. The van der Waals surface area contributed by atoms with Crippen molar-refractivity contribution in [3.8, 4) is 0 Å². The lowest BCUT2D eigenvalue weighted by Gasteiger charge is -2.32. The maximum absolute atomic E-state index is 14.6. The van der Waals surface area contributed by atoms with E-state index < -0.39 is 11.4 Å². The molecule has 140 valence electrons. The molecule has 0 spiro atoms. The first-order chi connectivity index (χ1) is 12.9. The number of nitrogens with one attached hydrogen (secondary N) is 1. The second-order valence-electron chi connectivity index (χ2n) is 7.27. The van der Waals surface area contributed by atoms with E-state index in [1.807, 2.05) is 6.07 Å². The molecule has 1 saturated heterocycles. The molecule has 0 saturated carbocycles. The topological polar surface area (TPSA) is 56.2 Å². The molecule has 0 amide bonds. The molecule has 0 radical (unpaired) electrons.